The highest BCUT2D eigenvalue weighted by atomic mass is 16.5. The third kappa shape index (κ3) is 7.23. The molecular formula is C11H21NO4. The second kappa shape index (κ2) is 7.22. The second-order valence-electron chi connectivity index (χ2n) is 4.29. The maximum absolute atomic E-state index is 11.2. The first kappa shape index (κ1) is 14.9. The first-order valence-electron chi connectivity index (χ1n) is 5.51. The normalized spacial score (nSPS) is 12.9. The van der Waals surface area contributed by atoms with Crippen LogP contribution in [0, 0.1) is 0 Å². The van der Waals surface area contributed by atoms with Crippen LogP contribution in [0.4, 0.5) is 0 Å². The molecule has 0 radical (unpaired) electrons. The molecule has 16 heavy (non-hydrogen) atoms. The Bertz CT molecular complexity index is 238. The molecule has 0 spiro atoms. The van der Waals surface area contributed by atoms with Gasteiger partial charge in [-0.15, -0.1) is 0 Å². The minimum absolute atomic E-state index is 0.0715. The molecule has 1 unspecified atom stereocenters. The first-order valence-corrected chi connectivity index (χ1v) is 5.51. The molecule has 5 nitrogen and oxygen atoms in total. The van der Waals surface area contributed by atoms with E-state index >= 15 is 0 Å². The van der Waals surface area contributed by atoms with Crippen molar-refractivity contribution in [1.29, 1.82) is 0 Å². The molecule has 1 atom stereocenters. The highest BCUT2D eigenvalue weighted by molar-refractivity contribution is 5.75. The summed E-state index contributed by atoms with van der Waals surface area (Å²) in [5.41, 5.74) is 0. The average Bonchev–Trinajstić information content (AvgIpc) is 2.09. The van der Waals surface area contributed by atoms with Gasteiger partial charge in [0.05, 0.1) is 6.10 Å². The average molecular weight is 231 g/mol. The van der Waals surface area contributed by atoms with Gasteiger partial charge in [-0.05, 0) is 20.3 Å². The van der Waals surface area contributed by atoms with Gasteiger partial charge in [0.1, 0.15) is 6.04 Å². The van der Waals surface area contributed by atoms with Gasteiger partial charge >= 0.3 is 11.9 Å². The minimum Gasteiger partial charge on any atom is -0.480 e. The van der Waals surface area contributed by atoms with Gasteiger partial charge in [-0.25, -0.2) is 0 Å². The Labute approximate surface area is 96.2 Å². The molecule has 0 aliphatic rings. The van der Waals surface area contributed by atoms with Gasteiger partial charge in [0, 0.05) is 12.5 Å². The van der Waals surface area contributed by atoms with E-state index in [0.29, 0.717) is 0 Å². The number of hydrogen-bond donors (Lipinski definition) is 2. The van der Waals surface area contributed by atoms with Crippen LogP contribution in [0.3, 0.4) is 0 Å². The molecule has 2 N–H and O–H groups in total. The molecule has 0 aliphatic heterocycles. The number of carbonyl (C=O) groups is 2. The monoisotopic (exact) mass is 231 g/mol. The Hall–Kier alpha value is -1.10. The number of carbonyl (C=O) groups excluding carboxylic acids is 1. The zero-order valence-corrected chi connectivity index (χ0v) is 10.3. The van der Waals surface area contributed by atoms with Crippen molar-refractivity contribution in [3.63, 3.8) is 0 Å². The molecular weight excluding hydrogens is 210 g/mol. The number of carboxylic acid groups (broad SMARTS) is 1. The second-order valence-corrected chi connectivity index (χ2v) is 4.29. The summed E-state index contributed by atoms with van der Waals surface area (Å²) in [6.45, 7) is 7.25. The van der Waals surface area contributed by atoms with Gasteiger partial charge in [-0.3, -0.25) is 9.59 Å². The topological polar surface area (TPSA) is 75.6 Å². The molecule has 0 aromatic heterocycles. The molecule has 0 aliphatic carbocycles. The maximum atomic E-state index is 11.2. The predicted molar refractivity (Wildman–Crippen MR) is 60.2 cm³/mol. The van der Waals surface area contributed by atoms with Gasteiger partial charge in [0.15, 0.2) is 0 Å². The van der Waals surface area contributed by atoms with Crippen molar-refractivity contribution in [2.45, 2.75) is 58.7 Å². The quantitative estimate of drug-likeness (QED) is 0.643. The molecule has 0 amide bonds. The molecule has 0 bridgehead atoms. The Morgan fingerprint density at radius 1 is 1.25 bits per heavy atom. The molecule has 94 valence electrons. The minimum atomic E-state index is -0.939. The van der Waals surface area contributed by atoms with E-state index in [1.807, 2.05) is 13.8 Å². The first-order chi connectivity index (χ1) is 7.32. The van der Waals surface area contributed by atoms with E-state index < -0.39 is 12.0 Å². The fourth-order valence-electron chi connectivity index (χ4n) is 1.26. The number of carboxylic acids is 1. The highest BCUT2D eigenvalue weighted by Gasteiger charge is 2.19. The fraction of sp³-hybridized carbons (Fsp3) is 0.818. The van der Waals surface area contributed by atoms with Crippen molar-refractivity contribution in [2.75, 3.05) is 0 Å². The summed E-state index contributed by atoms with van der Waals surface area (Å²) in [5.74, 6) is -1.29. The SMILES string of the molecule is CC(C)NC(CCC(=O)OC(C)C)C(=O)O. The molecule has 5 heteroatoms. The summed E-state index contributed by atoms with van der Waals surface area (Å²) in [6, 6.07) is -0.623. The molecule has 0 saturated carbocycles. The van der Waals surface area contributed by atoms with Crippen LogP contribution < -0.4 is 5.32 Å². The standard InChI is InChI=1S/C11H21NO4/c1-7(2)12-9(11(14)15)5-6-10(13)16-8(3)4/h7-9,12H,5-6H2,1-4H3,(H,14,15). The van der Waals surface area contributed by atoms with Gasteiger partial charge in [0.25, 0.3) is 0 Å². The third-order valence-corrected chi connectivity index (χ3v) is 1.84. The molecule has 0 heterocycles. The van der Waals surface area contributed by atoms with E-state index in [9.17, 15) is 9.59 Å². The van der Waals surface area contributed by atoms with Crippen LogP contribution in [0.1, 0.15) is 40.5 Å². The van der Waals surface area contributed by atoms with Crippen molar-refractivity contribution < 1.29 is 19.4 Å². The third-order valence-electron chi connectivity index (χ3n) is 1.84. The van der Waals surface area contributed by atoms with Crippen LogP contribution in [0.2, 0.25) is 0 Å². The number of aliphatic carboxylic acids is 1. The lowest BCUT2D eigenvalue weighted by molar-refractivity contribution is -0.148. The number of rotatable bonds is 7. The van der Waals surface area contributed by atoms with Crippen LogP contribution in [0.5, 0.6) is 0 Å². The maximum Gasteiger partial charge on any atom is 0.320 e. The predicted octanol–water partition coefficient (Wildman–Crippen LogP) is 1.17. The van der Waals surface area contributed by atoms with Crippen LogP contribution in [-0.4, -0.2) is 35.2 Å². The lowest BCUT2D eigenvalue weighted by Gasteiger charge is -2.17. The van der Waals surface area contributed by atoms with Crippen molar-refractivity contribution in [2.24, 2.45) is 0 Å². The Morgan fingerprint density at radius 3 is 2.19 bits per heavy atom. The van der Waals surface area contributed by atoms with E-state index in [-0.39, 0.29) is 31.0 Å². The highest BCUT2D eigenvalue weighted by Crippen LogP contribution is 2.03. The van der Waals surface area contributed by atoms with Gasteiger partial charge in [0.2, 0.25) is 0 Å². The molecule has 0 aromatic carbocycles. The summed E-state index contributed by atoms with van der Waals surface area (Å²) in [7, 11) is 0. The Kier molecular flexibility index (Phi) is 6.72. The van der Waals surface area contributed by atoms with E-state index in [1.54, 1.807) is 13.8 Å². The van der Waals surface area contributed by atoms with E-state index in [0.717, 1.165) is 0 Å². The number of nitrogens with one attached hydrogen (secondary N) is 1. The van der Waals surface area contributed by atoms with Crippen LogP contribution in [-0.2, 0) is 14.3 Å². The van der Waals surface area contributed by atoms with E-state index in [1.165, 1.54) is 0 Å². The summed E-state index contributed by atoms with van der Waals surface area (Å²) >= 11 is 0. The zero-order valence-electron chi connectivity index (χ0n) is 10.3. The summed E-state index contributed by atoms with van der Waals surface area (Å²) < 4.78 is 4.93. The molecule has 0 fully saturated rings. The van der Waals surface area contributed by atoms with Crippen LogP contribution >= 0.6 is 0 Å². The van der Waals surface area contributed by atoms with Gasteiger partial charge in [-0.1, -0.05) is 13.8 Å². The number of ether oxygens (including phenoxy) is 1. The van der Waals surface area contributed by atoms with Crippen molar-refractivity contribution in [3.8, 4) is 0 Å². The zero-order chi connectivity index (χ0) is 12.7. The molecule has 0 rings (SSSR count). The smallest absolute Gasteiger partial charge is 0.320 e. The lowest BCUT2D eigenvalue weighted by Crippen LogP contribution is -2.41. The largest absolute Gasteiger partial charge is 0.480 e. The van der Waals surface area contributed by atoms with Gasteiger partial charge in [-0.2, -0.15) is 0 Å². The van der Waals surface area contributed by atoms with Crippen molar-refractivity contribution in [3.05, 3.63) is 0 Å². The lowest BCUT2D eigenvalue weighted by atomic mass is 10.1. The fourth-order valence-corrected chi connectivity index (χ4v) is 1.26. The van der Waals surface area contributed by atoms with E-state index in [4.69, 9.17) is 9.84 Å². The molecule has 0 saturated heterocycles. The Morgan fingerprint density at radius 2 is 1.81 bits per heavy atom. The number of hydrogen-bond acceptors (Lipinski definition) is 4. The van der Waals surface area contributed by atoms with Crippen molar-refractivity contribution >= 4 is 11.9 Å². The van der Waals surface area contributed by atoms with Crippen molar-refractivity contribution in [1.82, 2.24) is 5.32 Å². The Balaban J connectivity index is 4.02. The van der Waals surface area contributed by atoms with Gasteiger partial charge < -0.3 is 15.2 Å². The van der Waals surface area contributed by atoms with Crippen LogP contribution in [0.15, 0.2) is 0 Å². The summed E-state index contributed by atoms with van der Waals surface area (Å²) in [6.07, 6.45) is 0.210. The summed E-state index contributed by atoms with van der Waals surface area (Å²) in [5, 5.41) is 11.8. The summed E-state index contributed by atoms with van der Waals surface area (Å²) in [4.78, 5) is 22.1. The van der Waals surface area contributed by atoms with E-state index in [2.05, 4.69) is 5.32 Å². The number of esters is 1. The molecule has 0 aromatic rings. The van der Waals surface area contributed by atoms with Crippen LogP contribution in [0.25, 0.3) is 0 Å².